The van der Waals surface area contributed by atoms with Crippen LogP contribution in [0.4, 0.5) is 5.69 Å². The van der Waals surface area contributed by atoms with Gasteiger partial charge in [0.15, 0.2) is 0 Å². The van der Waals surface area contributed by atoms with E-state index < -0.39 is 0 Å². The first-order chi connectivity index (χ1) is 11.1. The van der Waals surface area contributed by atoms with Crippen LogP contribution in [0.5, 0.6) is 0 Å². The zero-order chi connectivity index (χ0) is 16.7. The van der Waals surface area contributed by atoms with Crippen molar-refractivity contribution in [2.24, 2.45) is 0 Å². The third kappa shape index (κ3) is 4.64. The second kappa shape index (κ2) is 7.71. The first kappa shape index (κ1) is 16.2. The van der Waals surface area contributed by atoms with Gasteiger partial charge in [0.25, 0.3) is 0 Å². The number of nitrogens with one attached hydrogen (secondary N) is 1. The van der Waals surface area contributed by atoms with Gasteiger partial charge in [-0.2, -0.15) is 5.26 Å². The summed E-state index contributed by atoms with van der Waals surface area (Å²) >= 11 is 0. The van der Waals surface area contributed by atoms with Gasteiger partial charge in [0, 0.05) is 18.8 Å². The summed E-state index contributed by atoms with van der Waals surface area (Å²) in [5.74, 6) is -0.568. The summed E-state index contributed by atoms with van der Waals surface area (Å²) in [4.78, 5) is 29.3. The molecule has 6 heteroatoms. The fourth-order valence-corrected chi connectivity index (χ4v) is 2.02. The number of benzene rings is 1. The molecule has 0 atom stereocenters. The molecule has 2 rings (SSSR count). The molecule has 2 amide bonds. The fourth-order valence-electron chi connectivity index (χ4n) is 2.02. The van der Waals surface area contributed by atoms with Crippen molar-refractivity contribution in [3.8, 4) is 6.07 Å². The van der Waals surface area contributed by atoms with E-state index in [1.165, 1.54) is 11.8 Å². The molecule has 1 aromatic heterocycles. The highest BCUT2D eigenvalue weighted by molar-refractivity contribution is 5.97. The minimum absolute atomic E-state index is 0.114. The Hall–Kier alpha value is -3.20. The summed E-state index contributed by atoms with van der Waals surface area (Å²) in [6.45, 7) is 1.56. The lowest BCUT2D eigenvalue weighted by atomic mass is 10.2. The van der Waals surface area contributed by atoms with Crippen LogP contribution in [-0.4, -0.2) is 23.3 Å². The number of hydrogen-bond acceptors (Lipinski definition) is 4. The molecule has 2 aromatic rings. The van der Waals surface area contributed by atoms with Gasteiger partial charge >= 0.3 is 0 Å². The largest absolute Gasteiger partial charge is 0.349 e. The quantitative estimate of drug-likeness (QED) is 0.909. The Morgan fingerprint density at radius 2 is 2.09 bits per heavy atom. The van der Waals surface area contributed by atoms with Gasteiger partial charge in [-0.1, -0.05) is 12.1 Å². The zero-order valence-corrected chi connectivity index (χ0v) is 12.7. The van der Waals surface area contributed by atoms with Crippen LogP contribution in [0.25, 0.3) is 0 Å². The molecule has 0 fully saturated rings. The van der Waals surface area contributed by atoms with Gasteiger partial charge in [0.1, 0.15) is 6.54 Å². The van der Waals surface area contributed by atoms with E-state index in [-0.39, 0.29) is 18.4 Å². The lowest BCUT2D eigenvalue weighted by molar-refractivity contribution is -0.123. The number of aromatic nitrogens is 1. The topological polar surface area (TPSA) is 86.1 Å². The third-order valence-corrected chi connectivity index (χ3v) is 3.16. The molecular formula is C17H16N4O2. The number of anilines is 1. The first-order valence-corrected chi connectivity index (χ1v) is 7.05. The minimum Gasteiger partial charge on any atom is -0.349 e. The molecule has 0 saturated heterocycles. The number of carbonyl (C=O) groups is 2. The van der Waals surface area contributed by atoms with Crippen LogP contribution in [0.3, 0.4) is 0 Å². The monoisotopic (exact) mass is 308 g/mol. The summed E-state index contributed by atoms with van der Waals surface area (Å²) in [6, 6.07) is 14.0. The Balaban J connectivity index is 2.03. The van der Waals surface area contributed by atoms with E-state index in [9.17, 15) is 9.59 Å². The van der Waals surface area contributed by atoms with Gasteiger partial charge in [0.2, 0.25) is 11.8 Å². The summed E-state index contributed by atoms with van der Waals surface area (Å²) in [5, 5.41) is 11.7. The summed E-state index contributed by atoms with van der Waals surface area (Å²) in [6.07, 6.45) is 1.65. The molecule has 0 spiro atoms. The van der Waals surface area contributed by atoms with Crippen LogP contribution in [0.1, 0.15) is 18.2 Å². The SMILES string of the molecule is CC(=O)N(CC(=O)NCc1ccccn1)c1cccc(C#N)c1. The van der Waals surface area contributed by atoms with Crippen LogP contribution >= 0.6 is 0 Å². The second-order valence-corrected chi connectivity index (χ2v) is 4.87. The van der Waals surface area contributed by atoms with E-state index in [1.807, 2.05) is 12.1 Å². The standard InChI is InChI=1S/C17H16N4O2/c1-13(22)21(16-7-4-5-14(9-16)10-18)12-17(23)20-11-15-6-2-3-8-19-15/h2-9H,11-12H2,1H3,(H,20,23). The van der Waals surface area contributed by atoms with Crippen molar-refractivity contribution in [3.63, 3.8) is 0 Å². The maximum Gasteiger partial charge on any atom is 0.240 e. The Morgan fingerprint density at radius 3 is 2.74 bits per heavy atom. The minimum atomic E-state index is -0.298. The Morgan fingerprint density at radius 1 is 1.26 bits per heavy atom. The first-order valence-electron chi connectivity index (χ1n) is 7.05. The molecule has 0 radical (unpaired) electrons. The second-order valence-electron chi connectivity index (χ2n) is 4.87. The van der Waals surface area contributed by atoms with Crippen LogP contribution in [0.15, 0.2) is 48.7 Å². The average Bonchev–Trinajstić information content (AvgIpc) is 2.58. The van der Waals surface area contributed by atoms with Crippen molar-refractivity contribution >= 4 is 17.5 Å². The van der Waals surface area contributed by atoms with Gasteiger partial charge in [-0.05, 0) is 30.3 Å². The maximum atomic E-state index is 12.1. The molecule has 1 heterocycles. The van der Waals surface area contributed by atoms with Gasteiger partial charge < -0.3 is 10.2 Å². The van der Waals surface area contributed by atoms with Crippen molar-refractivity contribution in [1.29, 1.82) is 5.26 Å². The molecule has 0 bridgehead atoms. The average molecular weight is 308 g/mol. The van der Waals surface area contributed by atoms with Crippen molar-refractivity contribution in [2.45, 2.75) is 13.5 Å². The molecule has 6 nitrogen and oxygen atoms in total. The van der Waals surface area contributed by atoms with E-state index in [1.54, 1.807) is 42.6 Å². The number of nitriles is 1. The molecule has 0 aliphatic carbocycles. The van der Waals surface area contributed by atoms with Crippen molar-refractivity contribution in [2.75, 3.05) is 11.4 Å². The van der Waals surface area contributed by atoms with E-state index >= 15 is 0 Å². The normalized spacial score (nSPS) is 9.74. The molecule has 1 aromatic carbocycles. The van der Waals surface area contributed by atoms with E-state index in [0.29, 0.717) is 17.8 Å². The van der Waals surface area contributed by atoms with Crippen molar-refractivity contribution in [3.05, 3.63) is 59.9 Å². The number of amides is 2. The van der Waals surface area contributed by atoms with E-state index in [2.05, 4.69) is 10.3 Å². The number of nitrogens with zero attached hydrogens (tertiary/aromatic N) is 3. The van der Waals surface area contributed by atoms with Gasteiger partial charge in [-0.25, -0.2) is 0 Å². The number of hydrogen-bond donors (Lipinski definition) is 1. The fraction of sp³-hybridized carbons (Fsp3) is 0.176. The molecule has 0 saturated carbocycles. The smallest absolute Gasteiger partial charge is 0.240 e. The molecule has 0 aliphatic heterocycles. The number of carbonyl (C=O) groups excluding carboxylic acids is 2. The Bertz CT molecular complexity index is 738. The van der Waals surface area contributed by atoms with Crippen LogP contribution in [0.2, 0.25) is 0 Å². The maximum absolute atomic E-state index is 12.1. The Labute approximate surface area is 134 Å². The zero-order valence-electron chi connectivity index (χ0n) is 12.7. The van der Waals surface area contributed by atoms with Crippen LogP contribution < -0.4 is 10.2 Å². The van der Waals surface area contributed by atoms with E-state index in [4.69, 9.17) is 5.26 Å². The third-order valence-electron chi connectivity index (χ3n) is 3.16. The summed E-state index contributed by atoms with van der Waals surface area (Å²) in [5.41, 5.74) is 1.69. The van der Waals surface area contributed by atoms with E-state index in [0.717, 1.165) is 5.69 Å². The van der Waals surface area contributed by atoms with Gasteiger partial charge in [-0.15, -0.1) is 0 Å². The summed E-state index contributed by atoms with van der Waals surface area (Å²) < 4.78 is 0. The van der Waals surface area contributed by atoms with Crippen molar-refractivity contribution in [1.82, 2.24) is 10.3 Å². The molecular weight excluding hydrogens is 292 g/mol. The highest BCUT2D eigenvalue weighted by Gasteiger charge is 2.16. The lowest BCUT2D eigenvalue weighted by Gasteiger charge is -2.20. The van der Waals surface area contributed by atoms with Gasteiger partial charge in [-0.3, -0.25) is 14.6 Å². The highest BCUT2D eigenvalue weighted by atomic mass is 16.2. The highest BCUT2D eigenvalue weighted by Crippen LogP contribution is 2.16. The predicted octanol–water partition coefficient (Wildman–Crippen LogP) is 1.62. The number of rotatable bonds is 5. The number of pyridine rings is 1. The van der Waals surface area contributed by atoms with Crippen molar-refractivity contribution < 1.29 is 9.59 Å². The van der Waals surface area contributed by atoms with Crippen LogP contribution in [-0.2, 0) is 16.1 Å². The van der Waals surface area contributed by atoms with Crippen LogP contribution in [0, 0.1) is 11.3 Å². The molecule has 116 valence electrons. The summed E-state index contributed by atoms with van der Waals surface area (Å²) in [7, 11) is 0. The Kier molecular flexibility index (Phi) is 5.42. The van der Waals surface area contributed by atoms with Gasteiger partial charge in [0.05, 0.1) is 23.9 Å². The predicted molar refractivity (Wildman–Crippen MR) is 85.3 cm³/mol. The molecule has 23 heavy (non-hydrogen) atoms. The molecule has 0 unspecified atom stereocenters. The molecule has 0 aliphatic rings. The lowest BCUT2D eigenvalue weighted by Crippen LogP contribution is -2.39. The molecule has 1 N–H and O–H groups in total.